The van der Waals surface area contributed by atoms with Gasteiger partial charge in [-0.15, -0.1) is 0 Å². The van der Waals surface area contributed by atoms with Crippen molar-refractivity contribution in [1.29, 1.82) is 0 Å². The van der Waals surface area contributed by atoms with Gasteiger partial charge in [-0.2, -0.15) is 0 Å². The largest absolute Gasteiger partial charge is 0.493 e. The van der Waals surface area contributed by atoms with Crippen molar-refractivity contribution < 1.29 is 23.8 Å². The summed E-state index contributed by atoms with van der Waals surface area (Å²) in [7, 11) is 4.61. The van der Waals surface area contributed by atoms with Crippen LogP contribution in [0.15, 0.2) is 77.4 Å². The molecule has 1 aliphatic heterocycles. The molecular formula is C28H27N3O5. The second-order valence-corrected chi connectivity index (χ2v) is 7.88. The molecule has 0 saturated heterocycles. The molecule has 1 N–H and O–H groups in total. The number of carbonyl (C=O) groups excluding carboxylic acids is 2. The third kappa shape index (κ3) is 4.93. The number of methoxy groups -OCH3 is 3. The zero-order chi connectivity index (χ0) is 25.7. The Morgan fingerprint density at radius 3 is 2.14 bits per heavy atom. The molecule has 0 spiro atoms. The number of nitrogens with one attached hydrogen (secondary N) is 1. The van der Waals surface area contributed by atoms with Crippen LogP contribution in [0.1, 0.15) is 24.5 Å². The summed E-state index contributed by atoms with van der Waals surface area (Å²) in [6.45, 7) is 1.79. The van der Waals surface area contributed by atoms with Crippen molar-refractivity contribution in [2.75, 3.05) is 31.5 Å². The highest BCUT2D eigenvalue weighted by Crippen LogP contribution is 2.39. The van der Waals surface area contributed by atoms with Crippen molar-refractivity contribution in [2.45, 2.75) is 13.3 Å². The van der Waals surface area contributed by atoms with Gasteiger partial charge in [-0.1, -0.05) is 37.3 Å². The van der Waals surface area contributed by atoms with Crippen LogP contribution in [0.5, 0.6) is 17.2 Å². The molecule has 0 fully saturated rings. The zero-order valence-corrected chi connectivity index (χ0v) is 20.6. The Labute approximate surface area is 209 Å². The zero-order valence-electron chi connectivity index (χ0n) is 20.6. The fraction of sp³-hybridized carbons (Fsp3) is 0.179. The van der Waals surface area contributed by atoms with Crippen LogP contribution in [0.4, 0.5) is 11.4 Å². The molecule has 0 aromatic heterocycles. The standard InChI is InChI=1S/C28H27N3O5/c1-5-25(32)29-20-11-13-21(14-12-20)31-27(19-9-7-6-8-10-19)30-22(28(31)33)15-18-16-23(34-2)26(36-4)24(17-18)35-3/h6-17H,5H2,1-4H3,(H,29,32)/b22-15-. The molecule has 0 atom stereocenters. The molecule has 0 saturated carbocycles. The van der Waals surface area contributed by atoms with Gasteiger partial charge in [-0.05, 0) is 48.0 Å². The number of benzene rings is 3. The van der Waals surface area contributed by atoms with E-state index in [4.69, 9.17) is 19.2 Å². The molecule has 2 amide bonds. The van der Waals surface area contributed by atoms with Crippen LogP contribution in [0.25, 0.3) is 6.08 Å². The maximum atomic E-state index is 13.6. The highest BCUT2D eigenvalue weighted by atomic mass is 16.5. The fourth-order valence-electron chi connectivity index (χ4n) is 3.82. The molecule has 4 rings (SSSR count). The summed E-state index contributed by atoms with van der Waals surface area (Å²) in [4.78, 5) is 31.6. The van der Waals surface area contributed by atoms with Crippen LogP contribution < -0.4 is 24.4 Å². The lowest BCUT2D eigenvalue weighted by Crippen LogP contribution is -2.32. The second-order valence-electron chi connectivity index (χ2n) is 7.88. The minimum absolute atomic E-state index is 0.0814. The van der Waals surface area contributed by atoms with Crippen LogP contribution in [-0.2, 0) is 9.59 Å². The molecule has 184 valence electrons. The van der Waals surface area contributed by atoms with Gasteiger partial charge in [-0.25, -0.2) is 4.99 Å². The van der Waals surface area contributed by atoms with Gasteiger partial charge in [0.25, 0.3) is 5.91 Å². The Bertz CT molecular complexity index is 1310. The first-order chi connectivity index (χ1) is 17.5. The van der Waals surface area contributed by atoms with E-state index in [1.54, 1.807) is 54.3 Å². The van der Waals surface area contributed by atoms with E-state index < -0.39 is 0 Å². The fourth-order valence-corrected chi connectivity index (χ4v) is 3.82. The van der Waals surface area contributed by atoms with E-state index in [1.807, 2.05) is 30.3 Å². The van der Waals surface area contributed by atoms with Crippen molar-refractivity contribution in [3.8, 4) is 17.2 Å². The molecule has 0 unspecified atom stereocenters. The highest BCUT2D eigenvalue weighted by Gasteiger charge is 2.32. The molecule has 8 nitrogen and oxygen atoms in total. The lowest BCUT2D eigenvalue weighted by atomic mass is 10.1. The van der Waals surface area contributed by atoms with Crippen molar-refractivity contribution in [3.05, 3.63) is 83.6 Å². The number of amides is 2. The smallest absolute Gasteiger partial charge is 0.282 e. The summed E-state index contributed by atoms with van der Waals surface area (Å²) in [6.07, 6.45) is 2.07. The summed E-state index contributed by atoms with van der Waals surface area (Å²) in [5.41, 5.74) is 3.01. The van der Waals surface area contributed by atoms with E-state index in [1.165, 1.54) is 21.3 Å². The molecule has 8 heteroatoms. The third-order valence-corrected chi connectivity index (χ3v) is 5.61. The summed E-state index contributed by atoms with van der Waals surface area (Å²) in [6, 6.07) is 20.1. The first-order valence-electron chi connectivity index (χ1n) is 11.4. The molecule has 0 bridgehead atoms. The average Bonchev–Trinajstić information content (AvgIpc) is 3.24. The van der Waals surface area contributed by atoms with Gasteiger partial charge in [0.1, 0.15) is 11.5 Å². The van der Waals surface area contributed by atoms with E-state index in [0.29, 0.717) is 46.4 Å². The van der Waals surface area contributed by atoms with Gasteiger partial charge >= 0.3 is 0 Å². The quantitative estimate of drug-likeness (QED) is 0.459. The van der Waals surface area contributed by atoms with Gasteiger partial charge in [0.05, 0.1) is 27.0 Å². The van der Waals surface area contributed by atoms with Gasteiger partial charge in [0, 0.05) is 17.7 Å². The van der Waals surface area contributed by atoms with E-state index in [9.17, 15) is 9.59 Å². The predicted octanol–water partition coefficient (Wildman–Crippen LogP) is 4.90. The molecule has 1 heterocycles. The maximum absolute atomic E-state index is 13.6. The molecule has 0 radical (unpaired) electrons. The van der Waals surface area contributed by atoms with Crippen molar-refractivity contribution in [1.82, 2.24) is 0 Å². The topological polar surface area (TPSA) is 89.5 Å². The third-order valence-electron chi connectivity index (χ3n) is 5.61. The molecule has 36 heavy (non-hydrogen) atoms. The van der Waals surface area contributed by atoms with Crippen LogP contribution in [0, 0.1) is 0 Å². The van der Waals surface area contributed by atoms with E-state index in [0.717, 1.165) is 5.56 Å². The minimum Gasteiger partial charge on any atom is -0.493 e. The van der Waals surface area contributed by atoms with Gasteiger partial charge in [0.15, 0.2) is 11.5 Å². The Kier molecular flexibility index (Phi) is 7.34. The number of nitrogens with zero attached hydrogens (tertiary/aromatic N) is 2. The number of amidine groups is 1. The van der Waals surface area contributed by atoms with Crippen molar-refractivity contribution >= 4 is 35.1 Å². The Morgan fingerprint density at radius 2 is 1.58 bits per heavy atom. The number of carbonyl (C=O) groups is 2. The van der Waals surface area contributed by atoms with Crippen LogP contribution in [0.3, 0.4) is 0 Å². The maximum Gasteiger partial charge on any atom is 0.282 e. The van der Waals surface area contributed by atoms with E-state index >= 15 is 0 Å². The van der Waals surface area contributed by atoms with Crippen molar-refractivity contribution in [3.63, 3.8) is 0 Å². The molecule has 0 aliphatic carbocycles. The van der Waals surface area contributed by atoms with Crippen LogP contribution in [0.2, 0.25) is 0 Å². The van der Waals surface area contributed by atoms with E-state index in [-0.39, 0.29) is 17.5 Å². The number of hydrogen-bond donors (Lipinski definition) is 1. The lowest BCUT2D eigenvalue weighted by Gasteiger charge is -2.19. The number of ether oxygens (including phenoxy) is 3. The number of rotatable bonds is 8. The summed E-state index contributed by atoms with van der Waals surface area (Å²) >= 11 is 0. The monoisotopic (exact) mass is 485 g/mol. The van der Waals surface area contributed by atoms with Crippen LogP contribution in [-0.4, -0.2) is 39.0 Å². The van der Waals surface area contributed by atoms with E-state index in [2.05, 4.69) is 5.32 Å². The Hall–Kier alpha value is -4.59. The second kappa shape index (κ2) is 10.8. The SMILES string of the molecule is CCC(=O)Nc1ccc(N2C(=O)/C(=C/c3cc(OC)c(OC)c(OC)c3)N=C2c2ccccc2)cc1. The summed E-state index contributed by atoms with van der Waals surface area (Å²) in [5, 5.41) is 2.82. The molecule has 3 aromatic rings. The number of aliphatic imine (C=N–C) groups is 1. The Morgan fingerprint density at radius 1 is 0.944 bits per heavy atom. The normalized spacial score (nSPS) is 14.0. The van der Waals surface area contributed by atoms with Crippen LogP contribution >= 0.6 is 0 Å². The minimum atomic E-state index is -0.284. The molecule has 3 aromatic carbocycles. The van der Waals surface area contributed by atoms with Gasteiger partial charge in [-0.3, -0.25) is 14.5 Å². The summed E-state index contributed by atoms with van der Waals surface area (Å²) in [5.74, 6) is 1.55. The number of anilines is 2. The number of hydrogen-bond acceptors (Lipinski definition) is 6. The average molecular weight is 486 g/mol. The molecular weight excluding hydrogens is 458 g/mol. The lowest BCUT2D eigenvalue weighted by molar-refractivity contribution is -0.116. The van der Waals surface area contributed by atoms with Gasteiger partial charge < -0.3 is 19.5 Å². The van der Waals surface area contributed by atoms with Crippen molar-refractivity contribution in [2.24, 2.45) is 4.99 Å². The molecule has 1 aliphatic rings. The first kappa shape index (κ1) is 24.5. The predicted molar refractivity (Wildman–Crippen MR) is 140 cm³/mol. The summed E-state index contributed by atoms with van der Waals surface area (Å²) < 4.78 is 16.3. The first-order valence-corrected chi connectivity index (χ1v) is 11.4. The highest BCUT2D eigenvalue weighted by molar-refractivity contribution is 6.33. The Balaban J connectivity index is 1.76. The van der Waals surface area contributed by atoms with Gasteiger partial charge in [0.2, 0.25) is 11.7 Å².